The monoisotopic (exact) mass is 475 g/mol. The number of methoxy groups -OCH3 is 1. The van der Waals surface area contributed by atoms with E-state index in [-0.39, 0.29) is 17.1 Å². The van der Waals surface area contributed by atoms with Crippen LogP contribution in [0.25, 0.3) is 0 Å². The fourth-order valence-corrected chi connectivity index (χ4v) is 6.98. The zero-order valence-corrected chi connectivity index (χ0v) is 21.7. The number of urea groups is 1. The first-order valence-corrected chi connectivity index (χ1v) is 13.4. The summed E-state index contributed by atoms with van der Waals surface area (Å²) in [4.78, 5) is 20.7. The summed E-state index contributed by atoms with van der Waals surface area (Å²) in [6, 6.07) is 19.4. The number of hydrogen-bond donors (Lipinski definition) is 0. The summed E-state index contributed by atoms with van der Waals surface area (Å²) in [5, 5.41) is 0. The first-order chi connectivity index (χ1) is 17.0. The Morgan fingerprint density at radius 1 is 0.943 bits per heavy atom. The molecule has 1 saturated heterocycles. The SMILES string of the molecule is COc1ccc(CN2C[C@]3(CC[C@](c4ccccc4)(N(C)C)CC3)N(CC3CCCC3)C2=O)cc1. The van der Waals surface area contributed by atoms with Crippen molar-refractivity contribution in [1.29, 1.82) is 0 Å². The molecule has 1 spiro atoms. The van der Waals surface area contributed by atoms with Crippen LogP contribution < -0.4 is 4.74 Å². The summed E-state index contributed by atoms with van der Waals surface area (Å²) in [6.07, 6.45) is 9.42. The summed E-state index contributed by atoms with van der Waals surface area (Å²) in [5.41, 5.74) is 2.56. The molecule has 0 radical (unpaired) electrons. The summed E-state index contributed by atoms with van der Waals surface area (Å²) in [5.74, 6) is 1.51. The molecule has 3 aliphatic rings. The summed E-state index contributed by atoms with van der Waals surface area (Å²) in [6.45, 7) is 2.43. The van der Waals surface area contributed by atoms with E-state index in [0.717, 1.165) is 44.5 Å². The van der Waals surface area contributed by atoms with Crippen molar-refractivity contribution in [2.24, 2.45) is 5.92 Å². The molecule has 1 heterocycles. The molecule has 0 N–H and O–H groups in total. The van der Waals surface area contributed by atoms with Gasteiger partial charge in [0.15, 0.2) is 0 Å². The predicted molar refractivity (Wildman–Crippen MR) is 140 cm³/mol. The maximum atomic E-state index is 13.9. The third kappa shape index (κ3) is 4.55. The number of ether oxygens (including phenoxy) is 1. The van der Waals surface area contributed by atoms with Crippen molar-refractivity contribution in [3.05, 3.63) is 65.7 Å². The number of benzene rings is 2. The molecular weight excluding hydrogens is 434 g/mol. The Labute approximate surface area is 211 Å². The van der Waals surface area contributed by atoms with Gasteiger partial charge in [0.05, 0.1) is 12.6 Å². The van der Waals surface area contributed by atoms with Gasteiger partial charge in [0.1, 0.15) is 5.75 Å². The molecule has 5 nitrogen and oxygen atoms in total. The number of nitrogens with zero attached hydrogens (tertiary/aromatic N) is 3. The molecule has 1 aliphatic heterocycles. The summed E-state index contributed by atoms with van der Waals surface area (Å²) >= 11 is 0. The van der Waals surface area contributed by atoms with Gasteiger partial charge in [0.25, 0.3) is 0 Å². The number of rotatable bonds is 7. The minimum absolute atomic E-state index is 0.0397. The van der Waals surface area contributed by atoms with Crippen LogP contribution in [0.15, 0.2) is 54.6 Å². The van der Waals surface area contributed by atoms with Gasteiger partial charge < -0.3 is 14.5 Å². The largest absolute Gasteiger partial charge is 0.497 e. The highest BCUT2D eigenvalue weighted by Crippen LogP contribution is 2.49. The second-order valence-electron chi connectivity index (χ2n) is 11.3. The second-order valence-corrected chi connectivity index (χ2v) is 11.3. The molecule has 2 aliphatic carbocycles. The van der Waals surface area contributed by atoms with Crippen molar-refractivity contribution >= 4 is 6.03 Å². The summed E-state index contributed by atoms with van der Waals surface area (Å²) < 4.78 is 5.32. The number of amides is 2. The van der Waals surface area contributed by atoms with Crippen LogP contribution in [0.4, 0.5) is 4.79 Å². The fraction of sp³-hybridized carbons (Fsp3) is 0.567. The Kier molecular flexibility index (Phi) is 6.80. The number of carbonyl (C=O) groups is 1. The van der Waals surface area contributed by atoms with Gasteiger partial charge in [0.2, 0.25) is 0 Å². The van der Waals surface area contributed by atoms with Gasteiger partial charge in [-0.25, -0.2) is 4.79 Å². The fourth-order valence-electron chi connectivity index (χ4n) is 6.98. The molecule has 2 saturated carbocycles. The van der Waals surface area contributed by atoms with Gasteiger partial charge in [-0.2, -0.15) is 0 Å². The maximum Gasteiger partial charge on any atom is 0.320 e. The Morgan fingerprint density at radius 2 is 1.60 bits per heavy atom. The lowest BCUT2D eigenvalue weighted by Gasteiger charge is -2.51. The van der Waals surface area contributed by atoms with E-state index in [9.17, 15) is 4.79 Å². The van der Waals surface area contributed by atoms with E-state index in [1.54, 1.807) is 7.11 Å². The van der Waals surface area contributed by atoms with Crippen LogP contribution >= 0.6 is 0 Å². The van der Waals surface area contributed by atoms with Gasteiger partial charge in [-0.1, -0.05) is 55.3 Å². The highest BCUT2D eigenvalue weighted by Gasteiger charge is 2.54. The average molecular weight is 476 g/mol. The molecule has 188 valence electrons. The van der Waals surface area contributed by atoms with E-state index in [0.29, 0.717) is 12.5 Å². The molecule has 0 atom stereocenters. The first-order valence-electron chi connectivity index (χ1n) is 13.4. The smallest absolute Gasteiger partial charge is 0.320 e. The van der Waals surface area contributed by atoms with Gasteiger partial charge in [0, 0.05) is 25.2 Å². The topological polar surface area (TPSA) is 36.0 Å². The second kappa shape index (κ2) is 9.85. The van der Waals surface area contributed by atoms with Crippen LogP contribution in [0, 0.1) is 5.92 Å². The maximum absolute atomic E-state index is 13.9. The van der Waals surface area contributed by atoms with Crippen LogP contribution in [-0.2, 0) is 12.1 Å². The van der Waals surface area contributed by atoms with E-state index in [2.05, 4.69) is 71.3 Å². The van der Waals surface area contributed by atoms with Gasteiger partial charge in [-0.15, -0.1) is 0 Å². The van der Waals surface area contributed by atoms with Gasteiger partial charge >= 0.3 is 6.03 Å². The normalized spacial score (nSPS) is 27.4. The molecule has 2 amide bonds. The number of hydrogen-bond acceptors (Lipinski definition) is 3. The van der Waals surface area contributed by atoms with Crippen molar-refractivity contribution < 1.29 is 9.53 Å². The Morgan fingerprint density at radius 3 is 2.20 bits per heavy atom. The van der Waals surface area contributed by atoms with Crippen LogP contribution in [0.5, 0.6) is 5.75 Å². The lowest BCUT2D eigenvalue weighted by Crippen LogP contribution is -2.56. The molecule has 5 rings (SSSR count). The van der Waals surface area contributed by atoms with Crippen LogP contribution in [0.3, 0.4) is 0 Å². The van der Waals surface area contributed by atoms with E-state index in [1.807, 2.05) is 12.1 Å². The number of carbonyl (C=O) groups excluding carboxylic acids is 1. The van der Waals surface area contributed by atoms with Crippen molar-refractivity contribution in [3.8, 4) is 5.75 Å². The van der Waals surface area contributed by atoms with Gasteiger partial charge in [-0.05, 0) is 81.8 Å². The molecule has 3 fully saturated rings. The molecule has 5 heteroatoms. The lowest BCUT2D eigenvalue weighted by atomic mass is 9.68. The highest BCUT2D eigenvalue weighted by molar-refractivity contribution is 5.78. The van der Waals surface area contributed by atoms with Crippen molar-refractivity contribution in [2.75, 3.05) is 34.3 Å². The third-order valence-corrected chi connectivity index (χ3v) is 9.18. The minimum Gasteiger partial charge on any atom is -0.497 e. The van der Waals surface area contributed by atoms with E-state index >= 15 is 0 Å². The van der Waals surface area contributed by atoms with Crippen LogP contribution in [0.2, 0.25) is 0 Å². The Bertz CT molecular complexity index is 990. The van der Waals surface area contributed by atoms with Crippen molar-refractivity contribution in [2.45, 2.75) is 69.0 Å². The molecule has 2 aromatic carbocycles. The minimum atomic E-state index is -0.0551. The Balaban J connectivity index is 1.39. The predicted octanol–water partition coefficient (Wildman–Crippen LogP) is 5.89. The van der Waals surface area contributed by atoms with Crippen molar-refractivity contribution in [3.63, 3.8) is 0 Å². The standard InChI is InChI=1S/C30H41N3O2/c1-31(2)30(26-11-5-4-6-12-26)19-17-29(18-20-30)23-32(21-25-13-15-27(35-3)16-14-25)28(34)33(29)22-24-9-7-8-10-24/h4-6,11-16,24H,7-10,17-23H2,1-3H3/t29-,30+. The average Bonchev–Trinajstić information content (AvgIpc) is 3.49. The molecule has 0 bridgehead atoms. The van der Waals surface area contributed by atoms with Gasteiger partial charge in [-0.3, -0.25) is 4.90 Å². The highest BCUT2D eigenvalue weighted by atomic mass is 16.5. The van der Waals surface area contributed by atoms with E-state index < -0.39 is 0 Å². The molecular formula is C30H41N3O2. The molecule has 0 unspecified atom stereocenters. The van der Waals surface area contributed by atoms with Crippen LogP contribution in [0.1, 0.15) is 62.5 Å². The third-order valence-electron chi connectivity index (χ3n) is 9.18. The lowest BCUT2D eigenvalue weighted by molar-refractivity contribution is 0.0203. The molecule has 2 aromatic rings. The quantitative estimate of drug-likeness (QED) is 0.501. The van der Waals surface area contributed by atoms with Crippen molar-refractivity contribution in [1.82, 2.24) is 14.7 Å². The first kappa shape index (κ1) is 24.2. The summed E-state index contributed by atoms with van der Waals surface area (Å²) in [7, 11) is 6.13. The Hall–Kier alpha value is -2.53. The van der Waals surface area contributed by atoms with Crippen LogP contribution in [-0.4, -0.2) is 60.6 Å². The zero-order chi connectivity index (χ0) is 24.5. The molecule has 35 heavy (non-hydrogen) atoms. The zero-order valence-electron chi connectivity index (χ0n) is 21.7. The van der Waals surface area contributed by atoms with E-state index in [1.165, 1.54) is 36.8 Å². The molecule has 0 aromatic heterocycles. The van der Waals surface area contributed by atoms with E-state index in [4.69, 9.17) is 4.74 Å².